The lowest BCUT2D eigenvalue weighted by Gasteiger charge is -2.34. The molecule has 9 heteroatoms. The third kappa shape index (κ3) is 4.79. The maximum absolute atomic E-state index is 12.9. The second kappa shape index (κ2) is 8.28. The van der Waals surface area contributed by atoms with Crippen molar-refractivity contribution in [1.82, 2.24) is 9.80 Å². The molecule has 2 aliphatic rings. The number of rotatable bonds is 5. The molecule has 1 fully saturated rings. The summed E-state index contributed by atoms with van der Waals surface area (Å²) in [7, 11) is 1.71. The number of likely N-dealkylation sites (N-methyl/N-ethyl adjacent to an activating group) is 1. The summed E-state index contributed by atoms with van der Waals surface area (Å²) in [6, 6.07) is 5.36. The number of carboxylic acids is 1. The highest BCUT2D eigenvalue weighted by Crippen LogP contribution is 2.36. The molecule has 2 amide bonds. The zero-order valence-corrected chi connectivity index (χ0v) is 16.1. The summed E-state index contributed by atoms with van der Waals surface area (Å²) in [6.07, 6.45) is -0.235. The van der Waals surface area contributed by atoms with E-state index < -0.39 is 5.97 Å². The summed E-state index contributed by atoms with van der Waals surface area (Å²) in [6.45, 7) is 3.49. The van der Waals surface area contributed by atoms with E-state index in [9.17, 15) is 14.4 Å². The van der Waals surface area contributed by atoms with E-state index in [-0.39, 0.29) is 29.7 Å². The van der Waals surface area contributed by atoms with E-state index in [2.05, 4.69) is 5.32 Å². The van der Waals surface area contributed by atoms with Crippen LogP contribution in [0.3, 0.4) is 0 Å². The minimum Gasteiger partial charge on any atom is -0.480 e. The molecule has 27 heavy (non-hydrogen) atoms. The molecule has 3 rings (SSSR count). The Morgan fingerprint density at radius 3 is 2.96 bits per heavy atom. The van der Waals surface area contributed by atoms with Gasteiger partial charge in [-0.05, 0) is 32.2 Å². The van der Waals surface area contributed by atoms with Gasteiger partial charge in [-0.25, -0.2) is 0 Å². The third-order valence-electron chi connectivity index (χ3n) is 4.50. The van der Waals surface area contributed by atoms with Gasteiger partial charge in [-0.15, -0.1) is 11.8 Å². The second-order valence-electron chi connectivity index (χ2n) is 6.79. The predicted molar refractivity (Wildman–Crippen MR) is 101 cm³/mol. The Kier molecular flexibility index (Phi) is 6.03. The van der Waals surface area contributed by atoms with Gasteiger partial charge in [0.15, 0.2) is 0 Å². The molecule has 2 unspecified atom stereocenters. The molecule has 0 saturated carbocycles. The number of benzene rings is 1. The molecular weight excluding hydrogens is 370 g/mol. The van der Waals surface area contributed by atoms with E-state index >= 15 is 0 Å². The molecule has 8 nitrogen and oxygen atoms in total. The van der Waals surface area contributed by atoms with Crippen molar-refractivity contribution in [1.29, 1.82) is 0 Å². The number of carbonyl (C=O) groups excluding carboxylic acids is 2. The molecule has 1 aromatic rings. The first-order valence-corrected chi connectivity index (χ1v) is 9.64. The Labute approximate surface area is 161 Å². The maximum Gasteiger partial charge on any atom is 0.317 e. The summed E-state index contributed by atoms with van der Waals surface area (Å²) in [5.41, 5.74) is 1.18. The number of hydrogen-bond acceptors (Lipinski definition) is 6. The Morgan fingerprint density at radius 1 is 1.44 bits per heavy atom. The predicted octanol–water partition coefficient (Wildman–Crippen LogP) is 0.977. The minimum atomic E-state index is -0.899. The van der Waals surface area contributed by atoms with Crippen LogP contribution in [0.1, 0.15) is 17.3 Å². The molecule has 0 bridgehead atoms. The summed E-state index contributed by atoms with van der Waals surface area (Å²) in [5, 5.41) is 11.5. The largest absolute Gasteiger partial charge is 0.480 e. The lowest BCUT2D eigenvalue weighted by Crippen LogP contribution is -2.49. The van der Waals surface area contributed by atoms with Crippen LogP contribution >= 0.6 is 11.8 Å². The van der Waals surface area contributed by atoms with Crippen molar-refractivity contribution in [3.63, 3.8) is 0 Å². The van der Waals surface area contributed by atoms with E-state index in [0.717, 1.165) is 4.90 Å². The van der Waals surface area contributed by atoms with Crippen molar-refractivity contribution in [3.05, 3.63) is 23.8 Å². The molecule has 2 heterocycles. The van der Waals surface area contributed by atoms with Gasteiger partial charge in [-0.2, -0.15) is 0 Å². The molecule has 0 radical (unpaired) electrons. The van der Waals surface area contributed by atoms with Crippen molar-refractivity contribution in [2.75, 3.05) is 45.2 Å². The molecule has 0 spiro atoms. The number of ether oxygens (including phenoxy) is 1. The van der Waals surface area contributed by atoms with E-state index in [1.54, 1.807) is 29.0 Å². The molecule has 1 saturated heterocycles. The standard InChI is InChI=1S/C18H23N3O5S/c1-11-17(24)19-14-7-12(3-4-15(14)27-11)18(25)21-5-6-26-13(9-21)8-20(2)10-16(22)23/h3-4,7,11,13H,5-6,8-10H2,1-2H3,(H,19,24)(H,22,23). The number of carbonyl (C=O) groups is 3. The maximum atomic E-state index is 12.9. The number of thioether (sulfide) groups is 1. The van der Waals surface area contributed by atoms with E-state index in [4.69, 9.17) is 9.84 Å². The lowest BCUT2D eigenvalue weighted by molar-refractivity contribution is -0.138. The van der Waals surface area contributed by atoms with Crippen LogP contribution in [0.2, 0.25) is 0 Å². The van der Waals surface area contributed by atoms with Gasteiger partial charge in [-0.3, -0.25) is 19.3 Å². The van der Waals surface area contributed by atoms with Crippen molar-refractivity contribution >= 4 is 35.2 Å². The number of carboxylic acid groups (broad SMARTS) is 1. The molecule has 2 N–H and O–H groups in total. The topological polar surface area (TPSA) is 99.2 Å². The van der Waals surface area contributed by atoms with Crippen LogP contribution in [-0.4, -0.2) is 83.9 Å². The quantitative estimate of drug-likeness (QED) is 0.769. The van der Waals surface area contributed by atoms with Gasteiger partial charge in [0.25, 0.3) is 5.91 Å². The zero-order chi connectivity index (χ0) is 19.6. The van der Waals surface area contributed by atoms with Crippen LogP contribution in [-0.2, 0) is 14.3 Å². The summed E-state index contributed by atoms with van der Waals surface area (Å²) >= 11 is 1.48. The van der Waals surface area contributed by atoms with Gasteiger partial charge in [0, 0.05) is 30.1 Å². The van der Waals surface area contributed by atoms with Gasteiger partial charge in [0.2, 0.25) is 5.91 Å². The van der Waals surface area contributed by atoms with Crippen molar-refractivity contribution < 1.29 is 24.2 Å². The van der Waals surface area contributed by atoms with Gasteiger partial charge in [0.05, 0.1) is 30.2 Å². The SMILES string of the molecule is CC1Sc2ccc(C(=O)N3CCOC(CN(C)CC(=O)O)C3)cc2NC1=O. The molecule has 146 valence electrons. The smallest absolute Gasteiger partial charge is 0.317 e. The molecule has 1 aromatic carbocycles. The molecule has 0 aromatic heterocycles. The molecular formula is C18H23N3O5S. The summed E-state index contributed by atoms with van der Waals surface area (Å²) in [4.78, 5) is 39.9. The van der Waals surface area contributed by atoms with E-state index in [1.165, 1.54) is 11.8 Å². The number of amides is 2. The van der Waals surface area contributed by atoms with Crippen LogP contribution in [0.25, 0.3) is 0 Å². The third-order valence-corrected chi connectivity index (χ3v) is 5.68. The van der Waals surface area contributed by atoms with Crippen molar-refractivity contribution in [2.45, 2.75) is 23.2 Å². The Hall–Kier alpha value is -2.10. The van der Waals surface area contributed by atoms with E-state index in [0.29, 0.717) is 37.5 Å². The fraction of sp³-hybridized carbons (Fsp3) is 0.500. The highest BCUT2D eigenvalue weighted by Gasteiger charge is 2.28. The van der Waals surface area contributed by atoms with Crippen LogP contribution < -0.4 is 5.32 Å². The van der Waals surface area contributed by atoms with Crippen LogP contribution in [0.4, 0.5) is 5.69 Å². The van der Waals surface area contributed by atoms with Crippen molar-refractivity contribution in [3.8, 4) is 0 Å². The zero-order valence-electron chi connectivity index (χ0n) is 15.3. The Bertz CT molecular complexity index is 757. The molecule has 0 aliphatic carbocycles. The van der Waals surface area contributed by atoms with Crippen LogP contribution in [0, 0.1) is 0 Å². The Morgan fingerprint density at radius 2 is 2.22 bits per heavy atom. The second-order valence-corrected chi connectivity index (χ2v) is 8.18. The normalized spacial score (nSPS) is 22.3. The number of morpholine rings is 1. The van der Waals surface area contributed by atoms with Gasteiger partial charge in [0.1, 0.15) is 0 Å². The summed E-state index contributed by atoms with van der Waals surface area (Å²) < 4.78 is 5.67. The number of nitrogens with one attached hydrogen (secondary N) is 1. The fourth-order valence-corrected chi connectivity index (χ4v) is 4.11. The first kappa shape index (κ1) is 19.7. The Balaban J connectivity index is 1.66. The van der Waals surface area contributed by atoms with Gasteiger partial charge in [-0.1, -0.05) is 0 Å². The molecule has 2 atom stereocenters. The number of fused-ring (bicyclic) bond motifs is 1. The van der Waals surface area contributed by atoms with E-state index in [1.807, 2.05) is 13.0 Å². The monoisotopic (exact) mass is 393 g/mol. The number of anilines is 1. The highest BCUT2D eigenvalue weighted by molar-refractivity contribution is 8.00. The number of hydrogen-bond donors (Lipinski definition) is 2. The first-order valence-electron chi connectivity index (χ1n) is 8.76. The van der Waals surface area contributed by atoms with Gasteiger partial charge < -0.3 is 20.1 Å². The van der Waals surface area contributed by atoms with Crippen molar-refractivity contribution in [2.24, 2.45) is 0 Å². The minimum absolute atomic E-state index is 0.0648. The highest BCUT2D eigenvalue weighted by atomic mass is 32.2. The summed E-state index contributed by atoms with van der Waals surface area (Å²) in [5.74, 6) is -1.08. The van der Waals surface area contributed by atoms with Crippen LogP contribution in [0.15, 0.2) is 23.1 Å². The first-order chi connectivity index (χ1) is 12.8. The average molecular weight is 393 g/mol. The lowest BCUT2D eigenvalue weighted by atomic mass is 10.1. The average Bonchev–Trinajstić information content (AvgIpc) is 2.61. The van der Waals surface area contributed by atoms with Crippen LogP contribution in [0.5, 0.6) is 0 Å². The molecule has 2 aliphatic heterocycles. The fourth-order valence-electron chi connectivity index (χ4n) is 3.18. The number of nitrogens with zero attached hydrogens (tertiary/aromatic N) is 2. The van der Waals surface area contributed by atoms with Gasteiger partial charge >= 0.3 is 5.97 Å². The number of aliphatic carboxylic acids is 1.